The fourth-order valence-corrected chi connectivity index (χ4v) is 2.14. The Morgan fingerprint density at radius 1 is 1.56 bits per heavy atom. The van der Waals surface area contributed by atoms with Gasteiger partial charge < -0.3 is 10.7 Å². The van der Waals surface area contributed by atoms with Crippen molar-refractivity contribution in [3.05, 3.63) is 22.1 Å². The smallest absolute Gasteiger partial charge is 0.251 e. The number of nitrogens with one attached hydrogen (secondary N) is 1. The Morgan fingerprint density at radius 3 is 2.81 bits per heavy atom. The van der Waals surface area contributed by atoms with Crippen molar-refractivity contribution in [3.8, 4) is 0 Å². The van der Waals surface area contributed by atoms with Crippen molar-refractivity contribution < 1.29 is 0 Å². The van der Waals surface area contributed by atoms with Gasteiger partial charge in [-0.2, -0.15) is 0 Å². The Kier molecular flexibility index (Phi) is 4.56. The number of rotatable bonds is 5. The van der Waals surface area contributed by atoms with Crippen LogP contribution in [0.15, 0.2) is 16.0 Å². The zero-order valence-electron chi connectivity index (χ0n) is 10.0. The third kappa shape index (κ3) is 3.98. The first kappa shape index (κ1) is 13.3. The average molecular weight is 241 g/mol. The summed E-state index contributed by atoms with van der Waals surface area (Å²) >= 11 is 1.51. The molecule has 4 nitrogen and oxygen atoms in total. The van der Waals surface area contributed by atoms with Gasteiger partial charge in [0.05, 0.1) is 0 Å². The first-order valence-corrected chi connectivity index (χ1v) is 6.28. The number of aryl methyl sites for hydroxylation is 1. The monoisotopic (exact) mass is 241 g/mol. The molecule has 0 fully saturated rings. The number of aromatic amines is 1. The summed E-state index contributed by atoms with van der Waals surface area (Å²) in [7, 11) is 0. The van der Waals surface area contributed by atoms with E-state index in [1.165, 1.54) is 11.8 Å². The van der Waals surface area contributed by atoms with E-state index in [2.05, 4.69) is 16.9 Å². The lowest BCUT2D eigenvalue weighted by Crippen LogP contribution is -2.27. The highest BCUT2D eigenvalue weighted by molar-refractivity contribution is 8.00. The highest BCUT2D eigenvalue weighted by Gasteiger charge is 2.18. The van der Waals surface area contributed by atoms with Gasteiger partial charge in [0.2, 0.25) is 0 Å². The highest BCUT2D eigenvalue weighted by atomic mass is 32.2. The van der Waals surface area contributed by atoms with Crippen LogP contribution in [0.4, 0.5) is 0 Å². The van der Waals surface area contributed by atoms with E-state index >= 15 is 0 Å². The van der Waals surface area contributed by atoms with Gasteiger partial charge in [-0.1, -0.05) is 25.1 Å². The fraction of sp³-hybridized carbons (Fsp3) is 0.636. The van der Waals surface area contributed by atoms with Gasteiger partial charge in [-0.15, -0.1) is 0 Å². The highest BCUT2D eigenvalue weighted by Crippen LogP contribution is 2.28. The summed E-state index contributed by atoms with van der Waals surface area (Å²) in [5.74, 6) is 0. The molecule has 0 aromatic carbocycles. The SMILES string of the molecule is CCCc1cc(=O)[nH]c(SC(C)(C)CN)n1. The number of hydrogen-bond acceptors (Lipinski definition) is 4. The molecule has 0 aliphatic heterocycles. The minimum atomic E-state index is -0.110. The molecule has 1 aromatic rings. The van der Waals surface area contributed by atoms with Crippen LogP contribution in [0.1, 0.15) is 32.9 Å². The van der Waals surface area contributed by atoms with E-state index in [1.807, 2.05) is 13.8 Å². The van der Waals surface area contributed by atoms with E-state index in [-0.39, 0.29) is 10.3 Å². The lowest BCUT2D eigenvalue weighted by molar-refractivity contribution is 0.713. The minimum Gasteiger partial charge on any atom is -0.329 e. The number of hydrogen-bond donors (Lipinski definition) is 2. The summed E-state index contributed by atoms with van der Waals surface area (Å²) in [5.41, 5.74) is 6.41. The van der Waals surface area contributed by atoms with E-state index < -0.39 is 0 Å². The largest absolute Gasteiger partial charge is 0.329 e. The van der Waals surface area contributed by atoms with Crippen LogP contribution in [0.3, 0.4) is 0 Å². The molecule has 90 valence electrons. The molecule has 0 amide bonds. The molecule has 1 aromatic heterocycles. The van der Waals surface area contributed by atoms with E-state index in [0.29, 0.717) is 11.7 Å². The maximum Gasteiger partial charge on any atom is 0.251 e. The van der Waals surface area contributed by atoms with Crippen LogP contribution in [-0.4, -0.2) is 21.3 Å². The molecule has 0 saturated heterocycles. The third-order valence-corrected chi connectivity index (χ3v) is 3.25. The summed E-state index contributed by atoms with van der Waals surface area (Å²) in [5, 5.41) is 0.659. The van der Waals surface area contributed by atoms with Crippen LogP contribution >= 0.6 is 11.8 Å². The molecule has 5 heteroatoms. The van der Waals surface area contributed by atoms with E-state index in [1.54, 1.807) is 6.07 Å². The molecule has 0 bridgehead atoms. The predicted octanol–water partition coefficient (Wildman–Crippen LogP) is 1.55. The summed E-state index contributed by atoms with van der Waals surface area (Å²) in [4.78, 5) is 18.6. The van der Waals surface area contributed by atoms with Crippen LogP contribution in [0.2, 0.25) is 0 Å². The number of aromatic nitrogens is 2. The molecule has 0 radical (unpaired) electrons. The first-order chi connectivity index (χ1) is 7.46. The Bertz CT molecular complexity index is 400. The normalized spacial score (nSPS) is 11.8. The molecule has 16 heavy (non-hydrogen) atoms. The Hall–Kier alpha value is -0.810. The maximum atomic E-state index is 11.4. The molecule has 0 atom stereocenters. The van der Waals surface area contributed by atoms with Crippen LogP contribution < -0.4 is 11.3 Å². The number of nitrogens with zero attached hydrogens (tertiary/aromatic N) is 1. The molecule has 3 N–H and O–H groups in total. The van der Waals surface area contributed by atoms with Gasteiger partial charge in [-0.3, -0.25) is 4.79 Å². The van der Waals surface area contributed by atoms with Gasteiger partial charge in [0, 0.05) is 23.1 Å². The van der Waals surface area contributed by atoms with E-state index in [9.17, 15) is 4.79 Å². The van der Waals surface area contributed by atoms with Gasteiger partial charge in [0.25, 0.3) is 5.56 Å². The minimum absolute atomic E-state index is 0.0891. The number of thioether (sulfide) groups is 1. The Labute approximate surface area is 100 Å². The van der Waals surface area contributed by atoms with Crippen molar-refractivity contribution in [3.63, 3.8) is 0 Å². The Morgan fingerprint density at radius 2 is 2.25 bits per heavy atom. The fourth-order valence-electron chi connectivity index (χ4n) is 1.22. The number of nitrogens with two attached hydrogens (primary N) is 1. The third-order valence-electron chi connectivity index (χ3n) is 2.14. The molecule has 0 aliphatic rings. The molecule has 0 spiro atoms. The molecule has 0 saturated carbocycles. The van der Waals surface area contributed by atoms with Crippen molar-refractivity contribution in [1.82, 2.24) is 9.97 Å². The molecule has 0 unspecified atom stereocenters. The van der Waals surface area contributed by atoms with Crippen molar-refractivity contribution >= 4 is 11.8 Å². The van der Waals surface area contributed by atoms with Crippen LogP contribution in [0.25, 0.3) is 0 Å². The maximum absolute atomic E-state index is 11.4. The second kappa shape index (κ2) is 5.50. The van der Waals surface area contributed by atoms with Crippen molar-refractivity contribution in [2.24, 2.45) is 5.73 Å². The lowest BCUT2D eigenvalue weighted by Gasteiger charge is -2.20. The molecule has 0 aliphatic carbocycles. The lowest BCUT2D eigenvalue weighted by atomic mass is 10.2. The number of H-pyrrole nitrogens is 1. The van der Waals surface area contributed by atoms with Crippen LogP contribution in [-0.2, 0) is 6.42 Å². The summed E-state index contributed by atoms with van der Waals surface area (Å²) in [6.07, 6.45) is 1.82. The van der Waals surface area contributed by atoms with E-state index in [0.717, 1.165) is 18.5 Å². The molecular formula is C11H19N3OS. The average Bonchev–Trinajstić information content (AvgIpc) is 2.16. The van der Waals surface area contributed by atoms with Crippen molar-refractivity contribution in [2.45, 2.75) is 43.5 Å². The quantitative estimate of drug-likeness (QED) is 0.606. The second-order valence-electron chi connectivity index (χ2n) is 4.36. The van der Waals surface area contributed by atoms with Gasteiger partial charge in [0.1, 0.15) is 0 Å². The first-order valence-electron chi connectivity index (χ1n) is 5.46. The second-order valence-corrected chi connectivity index (χ2v) is 6.05. The van der Waals surface area contributed by atoms with Crippen molar-refractivity contribution in [2.75, 3.05) is 6.54 Å². The van der Waals surface area contributed by atoms with E-state index in [4.69, 9.17) is 5.73 Å². The zero-order chi connectivity index (χ0) is 12.2. The summed E-state index contributed by atoms with van der Waals surface area (Å²) in [6, 6.07) is 1.56. The van der Waals surface area contributed by atoms with Gasteiger partial charge in [-0.25, -0.2) is 4.98 Å². The predicted molar refractivity (Wildman–Crippen MR) is 67.8 cm³/mol. The Balaban J connectivity index is 2.92. The van der Waals surface area contributed by atoms with Gasteiger partial charge in [0.15, 0.2) is 5.16 Å². The van der Waals surface area contributed by atoms with Crippen LogP contribution in [0.5, 0.6) is 0 Å². The van der Waals surface area contributed by atoms with Crippen LogP contribution in [0, 0.1) is 0 Å². The molecule has 1 heterocycles. The summed E-state index contributed by atoms with van der Waals surface area (Å²) < 4.78 is -0.110. The molecule has 1 rings (SSSR count). The topological polar surface area (TPSA) is 71.8 Å². The van der Waals surface area contributed by atoms with Gasteiger partial charge in [-0.05, 0) is 20.3 Å². The van der Waals surface area contributed by atoms with Gasteiger partial charge >= 0.3 is 0 Å². The summed E-state index contributed by atoms with van der Waals surface area (Å²) in [6.45, 7) is 6.67. The van der Waals surface area contributed by atoms with Crippen molar-refractivity contribution in [1.29, 1.82) is 0 Å². The zero-order valence-corrected chi connectivity index (χ0v) is 10.9. The standard InChI is InChI=1S/C11H19N3OS/c1-4-5-8-6-9(15)14-10(13-8)16-11(2,3)7-12/h6H,4-5,7,12H2,1-3H3,(H,13,14,15). The molecular weight excluding hydrogens is 222 g/mol.